The molecule has 0 aliphatic heterocycles. The van der Waals surface area contributed by atoms with Crippen molar-refractivity contribution < 1.29 is 19.8 Å². The third-order valence-electron chi connectivity index (χ3n) is 2.96. The number of hydrogen-bond donors (Lipinski definition) is 4. The van der Waals surface area contributed by atoms with Crippen molar-refractivity contribution in [3.8, 4) is 0 Å². The van der Waals surface area contributed by atoms with Crippen LogP contribution in [0, 0.1) is 0 Å². The Kier molecular flexibility index (Phi) is 5.93. The maximum atomic E-state index is 11.5. The van der Waals surface area contributed by atoms with Gasteiger partial charge in [-0.3, -0.25) is 4.79 Å². The van der Waals surface area contributed by atoms with Gasteiger partial charge in [0.1, 0.15) is 6.04 Å². The summed E-state index contributed by atoms with van der Waals surface area (Å²) in [6.45, 7) is -0.118. The van der Waals surface area contributed by atoms with Gasteiger partial charge in [0.05, 0.1) is 6.54 Å². The van der Waals surface area contributed by atoms with Gasteiger partial charge in [-0.2, -0.15) is 0 Å². The van der Waals surface area contributed by atoms with Gasteiger partial charge < -0.3 is 20.8 Å². The number of aliphatic hydroxyl groups is 1. The van der Waals surface area contributed by atoms with Crippen molar-refractivity contribution in [1.82, 2.24) is 10.6 Å². The molecule has 1 rings (SSSR count). The van der Waals surface area contributed by atoms with Crippen molar-refractivity contribution in [3.05, 3.63) is 0 Å². The zero-order valence-electron chi connectivity index (χ0n) is 9.82. The van der Waals surface area contributed by atoms with E-state index in [1.54, 1.807) is 0 Å². The summed E-state index contributed by atoms with van der Waals surface area (Å²) in [5, 5.41) is 22.9. The molecule has 1 fully saturated rings. The van der Waals surface area contributed by atoms with Gasteiger partial charge >= 0.3 is 5.97 Å². The van der Waals surface area contributed by atoms with Gasteiger partial charge in [-0.15, -0.1) is 0 Å². The topological polar surface area (TPSA) is 98.7 Å². The van der Waals surface area contributed by atoms with Crippen LogP contribution in [0.25, 0.3) is 0 Å². The molecule has 0 unspecified atom stereocenters. The summed E-state index contributed by atoms with van der Waals surface area (Å²) in [6.07, 6.45) is 4.55. The number of aliphatic carboxylic acids is 1. The van der Waals surface area contributed by atoms with E-state index in [4.69, 9.17) is 10.2 Å². The Hall–Kier alpha value is -1.14. The van der Waals surface area contributed by atoms with Crippen LogP contribution < -0.4 is 10.6 Å². The van der Waals surface area contributed by atoms with Crippen LogP contribution in [0.4, 0.5) is 0 Å². The Bertz CT molecular complexity index is 264. The van der Waals surface area contributed by atoms with Gasteiger partial charge in [0.25, 0.3) is 0 Å². The zero-order chi connectivity index (χ0) is 12.7. The molecule has 0 heterocycles. The molecule has 0 bridgehead atoms. The van der Waals surface area contributed by atoms with Gasteiger partial charge in [-0.25, -0.2) is 4.79 Å². The standard InChI is InChI=1S/C11H20N2O4/c14-6-5-9(11(16)17)13-10(15)7-12-8-3-1-2-4-8/h8-9,12,14H,1-7H2,(H,13,15)(H,16,17)/t9-/m1/s1. The predicted molar refractivity (Wildman–Crippen MR) is 61.5 cm³/mol. The fourth-order valence-corrected chi connectivity index (χ4v) is 2.00. The molecule has 98 valence electrons. The molecular weight excluding hydrogens is 224 g/mol. The number of carboxylic acid groups (broad SMARTS) is 1. The third kappa shape index (κ3) is 5.14. The molecule has 0 aromatic heterocycles. The summed E-state index contributed by atoms with van der Waals surface area (Å²) in [7, 11) is 0. The van der Waals surface area contributed by atoms with Crippen LogP contribution in [-0.2, 0) is 9.59 Å². The first kappa shape index (κ1) is 13.9. The maximum Gasteiger partial charge on any atom is 0.326 e. The number of carbonyl (C=O) groups is 2. The van der Waals surface area contributed by atoms with E-state index in [2.05, 4.69) is 10.6 Å². The maximum absolute atomic E-state index is 11.5. The number of carboxylic acids is 1. The molecule has 0 spiro atoms. The van der Waals surface area contributed by atoms with Gasteiger partial charge in [-0.1, -0.05) is 12.8 Å². The molecule has 0 aromatic carbocycles. The molecule has 1 aliphatic carbocycles. The van der Waals surface area contributed by atoms with E-state index in [1.165, 1.54) is 12.8 Å². The predicted octanol–water partition coefficient (Wildman–Crippen LogP) is -0.530. The fourth-order valence-electron chi connectivity index (χ4n) is 2.00. The first-order chi connectivity index (χ1) is 8.13. The molecule has 0 saturated heterocycles. The number of aliphatic hydroxyl groups excluding tert-OH is 1. The second-order valence-corrected chi connectivity index (χ2v) is 4.33. The van der Waals surface area contributed by atoms with Crippen LogP contribution in [0.3, 0.4) is 0 Å². The van der Waals surface area contributed by atoms with Gasteiger partial charge in [0, 0.05) is 19.1 Å². The summed E-state index contributed by atoms with van der Waals surface area (Å²) in [4.78, 5) is 22.2. The fraction of sp³-hybridized carbons (Fsp3) is 0.818. The zero-order valence-corrected chi connectivity index (χ0v) is 9.82. The quantitative estimate of drug-likeness (QED) is 0.482. The van der Waals surface area contributed by atoms with Crippen LogP contribution in [0.15, 0.2) is 0 Å². The number of carbonyl (C=O) groups excluding carboxylic acids is 1. The molecule has 0 aromatic rings. The highest BCUT2D eigenvalue weighted by molar-refractivity contribution is 5.84. The van der Waals surface area contributed by atoms with E-state index in [0.29, 0.717) is 6.04 Å². The second-order valence-electron chi connectivity index (χ2n) is 4.33. The summed E-state index contributed by atoms with van der Waals surface area (Å²) >= 11 is 0. The summed E-state index contributed by atoms with van der Waals surface area (Å²) < 4.78 is 0. The highest BCUT2D eigenvalue weighted by Crippen LogP contribution is 2.17. The SMILES string of the molecule is O=C(CNC1CCCC1)N[C@H](CCO)C(=O)O. The largest absolute Gasteiger partial charge is 0.480 e. The molecule has 4 N–H and O–H groups in total. The van der Waals surface area contributed by atoms with Crippen LogP contribution >= 0.6 is 0 Å². The lowest BCUT2D eigenvalue weighted by Gasteiger charge is -2.15. The monoisotopic (exact) mass is 244 g/mol. The van der Waals surface area contributed by atoms with E-state index in [1.807, 2.05) is 0 Å². The van der Waals surface area contributed by atoms with Gasteiger partial charge in [0.15, 0.2) is 0 Å². The second kappa shape index (κ2) is 7.24. The van der Waals surface area contributed by atoms with E-state index >= 15 is 0 Å². The Morgan fingerprint density at radius 1 is 1.29 bits per heavy atom. The molecule has 17 heavy (non-hydrogen) atoms. The molecule has 6 nitrogen and oxygen atoms in total. The normalized spacial score (nSPS) is 17.9. The summed E-state index contributed by atoms with van der Waals surface area (Å²) in [6, 6.07) is -0.625. The van der Waals surface area contributed by atoms with Crippen LogP contribution in [0.2, 0.25) is 0 Å². The number of hydrogen-bond acceptors (Lipinski definition) is 4. The third-order valence-corrected chi connectivity index (χ3v) is 2.96. The summed E-state index contributed by atoms with van der Waals surface area (Å²) in [5.74, 6) is -1.45. The molecule has 6 heteroatoms. The minimum absolute atomic E-state index is 0.0322. The highest BCUT2D eigenvalue weighted by Gasteiger charge is 2.20. The number of rotatable bonds is 7. The average Bonchev–Trinajstić information content (AvgIpc) is 2.78. The van der Waals surface area contributed by atoms with Crippen molar-refractivity contribution >= 4 is 11.9 Å². The van der Waals surface area contributed by atoms with E-state index in [0.717, 1.165) is 12.8 Å². The first-order valence-electron chi connectivity index (χ1n) is 6.00. The Morgan fingerprint density at radius 3 is 2.47 bits per heavy atom. The molecule has 1 atom stereocenters. The Labute approximate surface area is 100 Å². The van der Waals surface area contributed by atoms with E-state index in [-0.39, 0.29) is 25.5 Å². The van der Waals surface area contributed by atoms with Gasteiger partial charge in [-0.05, 0) is 12.8 Å². The minimum atomic E-state index is -1.12. The van der Waals surface area contributed by atoms with Crippen molar-refractivity contribution in [2.45, 2.75) is 44.2 Å². The molecule has 1 aliphatic rings. The average molecular weight is 244 g/mol. The molecule has 0 radical (unpaired) electrons. The van der Waals surface area contributed by atoms with Crippen LogP contribution in [0.5, 0.6) is 0 Å². The number of nitrogens with one attached hydrogen (secondary N) is 2. The van der Waals surface area contributed by atoms with E-state index in [9.17, 15) is 9.59 Å². The van der Waals surface area contributed by atoms with Crippen molar-refractivity contribution in [3.63, 3.8) is 0 Å². The highest BCUT2D eigenvalue weighted by atomic mass is 16.4. The Balaban J connectivity index is 2.23. The number of amides is 1. The van der Waals surface area contributed by atoms with Crippen LogP contribution in [-0.4, -0.2) is 47.3 Å². The molecular formula is C11H20N2O4. The summed E-state index contributed by atoms with van der Waals surface area (Å²) in [5.41, 5.74) is 0. The first-order valence-corrected chi connectivity index (χ1v) is 6.00. The van der Waals surface area contributed by atoms with Gasteiger partial charge in [0.2, 0.25) is 5.91 Å². The van der Waals surface area contributed by atoms with Crippen molar-refractivity contribution in [2.75, 3.05) is 13.2 Å². The Morgan fingerprint density at radius 2 is 1.94 bits per heavy atom. The van der Waals surface area contributed by atoms with Crippen LogP contribution in [0.1, 0.15) is 32.1 Å². The lowest BCUT2D eigenvalue weighted by atomic mass is 10.2. The van der Waals surface area contributed by atoms with Crippen molar-refractivity contribution in [1.29, 1.82) is 0 Å². The van der Waals surface area contributed by atoms with E-state index < -0.39 is 12.0 Å². The lowest BCUT2D eigenvalue weighted by Crippen LogP contribution is -2.46. The lowest BCUT2D eigenvalue weighted by molar-refractivity contribution is -0.142. The minimum Gasteiger partial charge on any atom is -0.480 e. The molecule has 1 amide bonds. The smallest absolute Gasteiger partial charge is 0.326 e. The van der Waals surface area contributed by atoms with Crippen molar-refractivity contribution in [2.24, 2.45) is 0 Å². The molecule has 1 saturated carbocycles.